The SMILES string of the molecule is CCOC(=O)CC(c1cccc(O)n1)c1ncc(C)s1. The van der Waals surface area contributed by atoms with Crippen LogP contribution in [0, 0.1) is 6.92 Å². The summed E-state index contributed by atoms with van der Waals surface area (Å²) in [4.78, 5) is 21.2. The van der Waals surface area contributed by atoms with Crippen molar-refractivity contribution < 1.29 is 14.6 Å². The van der Waals surface area contributed by atoms with E-state index >= 15 is 0 Å². The van der Waals surface area contributed by atoms with Crippen molar-refractivity contribution in [3.05, 3.63) is 40.0 Å². The molecule has 106 valence electrons. The Morgan fingerprint density at radius 2 is 2.30 bits per heavy atom. The molecule has 0 aliphatic heterocycles. The summed E-state index contributed by atoms with van der Waals surface area (Å²) in [6.07, 6.45) is 1.93. The predicted molar refractivity (Wildman–Crippen MR) is 75.8 cm³/mol. The van der Waals surface area contributed by atoms with Gasteiger partial charge >= 0.3 is 5.97 Å². The molecule has 0 aliphatic rings. The predicted octanol–water partition coefficient (Wildman–Crippen LogP) is 2.64. The molecule has 2 aromatic rings. The molecule has 20 heavy (non-hydrogen) atoms. The zero-order valence-electron chi connectivity index (χ0n) is 11.4. The fourth-order valence-electron chi connectivity index (χ4n) is 1.87. The lowest BCUT2D eigenvalue weighted by atomic mass is 10.0. The number of ether oxygens (including phenoxy) is 1. The quantitative estimate of drug-likeness (QED) is 0.858. The molecular formula is C14H16N2O3S. The van der Waals surface area contributed by atoms with Gasteiger partial charge < -0.3 is 9.84 Å². The van der Waals surface area contributed by atoms with E-state index in [-0.39, 0.29) is 24.2 Å². The standard InChI is InChI=1S/C14H16N2O3S/c1-3-19-13(18)7-10(14-15-8-9(2)20-14)11-5-4-6-12(17)16-11/h4-6,8,10H,3,7H2,1-2H3,(H,16,17). The number of aromatic nitrogens is 2. The summed E-state index contributed by atoms with van der Waals surface area (Å²) >= 11 is 1.52. The third-order valence-corrected chi connectivity index (χ3v) is 3.75. The van der Waals surface area contributed by atoms with Crippen LogP contribution < -0.4 is 0 Å². The Morgan fingerprint density at radius 1 is 1.50 bits per heavy atom. The number of pyridine rings is 1. The number of nitrogens with zero attached hydrogens (tertiary/aromatic N) is 2. The van der Waals surface area contributed by atoms with Gasteiger partial charge in [0.2, 0.25) is 5.88 Å². The van der Waals surface area contributed by atoms with E-state index in [0.29, 0.717) is 12.3 Å². The summed E-state index contributed by atoms with van der Waals surface area (Å²) in [7, 11) is 0. The van der Waals surface area contributed by atoms with E-state index in [1.165, 1.54) is 17.4 Å². The molecule has 1 atom stereocenters. The van der Waals surface area contributed by atoms with Gasteiger partial charge in [-0.3, -0.25) is 4.79 Å². The minimum Gasteiger partial charge on any atom is -0.493 e. The lowest BCUT2D eigenvalue weighted by Crippen LogP contribution is -2.12. The summed E-state index contributed by atoms with van der Waals surface area (Å²) in [5.74, 6) is -0.653. The molecule has 0 aliphatic carbocycles. The van der Waals surface area contributed by atoms with Gasteiger partial charge in [0.15, 0.2) is 0 Å². The minimum atomic E-state index is -0.296. The fourth-order valence-corrected chi connectivity index (χ4v) is 2.76. The average molecular weight is 292 g/mol. The summed E-state index contributed by atoms with van der Waals surface area (Å²) in [6.45, 7) is 4.07. The first-order chi connectivity index (χ1) is 9.60. The molecule has 2 aromatic heterocycles. The molecule has 2 rings (SSSR count). The second-order valence-electron chi connectivity index (χ2n) is 4.29. The molecule has 0 bridgehead atoms. The number of hydrogen-bond acceptors (Lipinski definition) is 6. The Bertz CT molecular complexity index is 598. The molecular weight excluding hydrogens is 276 g/mol. The molecule has 5 nitrogen and oxygen atoms in total. The summed E-state index contributed by atoms with van der Waals surface area (Å²) in [5, 5.41) is 10.3. The normalized spacial score (nSPS) is 12.1. The Hall–Kier alpha value is -1.95. The van der Waals surface area contributed by atoms with Crippen LogP contribution in [-0.2, 0) is 9.53 Å². The van der Waals surface area contributed by atoms with Crippen molar-refractivity contribution in [2.24, 2.45) is 0 Å². The van der Waals surface area contributed by atoms with E-state index in [1.807, 2.05) is 6.92 Å². The summed E-state index contributed by atoms with van der Waals surface area (Å²) < 4.78 is 5.00. The van der Waals surface area contributed by atoms with Crippen molar-refractivity contribution in [1.29, 1.82) is 0 Å². The van der Waals surface area contributed by atoms with Gasteiger partial charge in [-0.1, -0.05) is 6.07 Å². The molecule has 0 saturated carbocycles. The lowest BCUT2D eigenvalue weighted by molar-refractivity contribution is -0.143. The maximum Gasteiger partial charge on any atom is 0.306 e. The van der Waals surface area contributed by atoms with Crippen molar-refractivity contribution in [2.45, 2.75) is 26.2 Å². The van der Waals surface area contributed by atoms with Gasteiger partial charge in [-0.2, -0.15) is 0 Å². The molecule has 0 fully saturated rings. The van der Waals surface area contributed by atoms with Gasteiger partial charge in [0, 0.05) is 17.1 Å². The Kier molecular flexibility index (Phi) is 4.68. The van der Waals surface area contributed by atoms with Crippen molar-refractivity contribution >= 4 is 17.3 Å². The van der Waals surface area contributed by atoms with Crippen LogP contribution in [0.15, 0.2) is 24.4 Å². The number of rotatable bonds is 5. The summed E-state index contributed by atoms with van der Waals surface area (Å²) in [5.41, 5.74) is 0.618. The maximum atomic E-state index is 11.8. The molecule has 0 saturated heterocycles. The van der Waals surface area contributed by atoms with E-state index in [1.54, 1.807) is 25.3 Å². The topological polar surface area (TPSA) is 72.3 Å². The number of hydrogen-bond donors (Lipinski definition) is 1. The molecule has 0 aromatic carbocycles. The number of carbonyl (C=O) groups excluding carboxylic acids is 1. The van der Waals surface area contributed by atoms with E-state index in [0.717, 1.165) is 9.88 Å². The molecule has 2 heterocycles. The van der Waals surface area contributed by atoms with Gasteiger partial charge in [0.1, 0.15) is 5.01 Å². The van der Waals surface area contributed by atoms with Crippen molar-refractivity contribution in [3.63, 3.8) is 0 Å². The van der Waals surface area contributed by atoms with Crippen LogP contribution in [-0.4, -0.2) is 27.7 Å². The van der Waals surface area contributed by atoms with Crippen LogP contribution in [0.1, 0.15) is 34.8 Å². The van der Waals surface area contributed by atoms with Gasteiger partial charge in [-0.15, -0.1) is 11.3 Å². The minimum absolute atomic E-state index is 0.0652. The number of aryl methyl sites for hydroxylation is 1. The first-order valence-electron chi connectivity index (χ1n) is 6.34. The van der Waals surface area contributed by atoms with Gasteiger partial charge in [-0.05, 0) is 19.9 Å². The highest BCUT2D eigenvalue weighted by atomic mass is 32.1. The first kappa shape index (κ1) is 14.5. The Balaban J connectivity index is 2.31. The van der Waals surface area contributed by atoms with Crippen LogP contribution in [0.3, 0.4) is 0 Å². The second kappa shape index (κ2) is 6.47. The van der Waals surface area contributed by atoms with Gasteiger partial charge in [-0.25, -0.2) is 9.97 Å². The first-order valence-corrected chi connectivity index (χ1v) is 7.15. The maximum absolute atomic E-state index is 11.8. The second-order valence-corrected chi connectivity index (χ2v) is 5.56. The van der Waals surface area contributed by atoms with Crippen LogP contribution in [0.4, 0.5) is 0 Å². The van der Waals surface area contributed by atoms with E-state index < -0.39 is 0 Å². The fraction of sp³-hybridized carbons (Fsp3) is 0.357. The number of carbonyl (C=O) groups is 1. The van der Waals surface area contributed by atoms with E-state index in [9.17, 15) is 9.90 Å². The number of aromatic hydroxyl groups is 1. The monoisotopic (exact) mass is 292 g/mol. The zero-order chi connectivity index (χ0) is 14.5. The lowest BCUT2D eigenvalue weighted by Gasteiger charge is -2.13. The number of esters is 1. The van der Waals surface area contributed by atoms with Crippen molar-refractivity contribution in [1.82, 2.24) is 9.97 Å². The zero-order valence-corrected chi connectivity index (χ0v) is 12.2. The van der Waals surface area contributed by atoms with Crippen LogP contribution >= 0.6 is 11.3 Å². The Labute approximate surface area is 121 Å². The highest BCUT2D eigenvalue weighted by Crippen LogP contribution is 2.31. The van der Waals surface area contributed by atoms with Crippen LogP contribution in [0.2, 0.25) is 0 Å². The van der Waals surface area contributed by atoms with E-state index in [4.69, 9.17) is 4.74 Å². The molecule has 0 radical (unpaired) electrons. The Morgan fingerprint density at radius 3 is 2.90 bits per heavy atom. The molecule has 1 N–H and O–H groups in total. The van der Waals surface area contributed by atoms with Crippen molar-refractivity contribution in [2.75, 3.05) is 6.61 Å². The highest BCUT2D eigenvalue weighted by Gasteiger charge is 2.23. The van der Waals surface area contributed by atoms with Gasteiger partial charge in [0.25, 0.3) is 0 Å². The van der Waals surface area contributed by atoms with Gasteiger partial charge in [0.05, 0.1) is 24.6 Å². The molecule has 1 unspecified atom stereocenters. The molecule has 0 spiro atoms. The number of thiazole rings is 1. The largest absolute Gasteiger partial charge is 0.493 e. The van der Waals surface area contributed by atoms with E-state index in [2.05, 4.69) is 9.97 Å². The smallest absolute Gasteiger partial charge is 0.306 e. The molecule has 0 amide bonds. The highest BCUT2D eigenvalue weighted by molar-refractivity contribution is 7.11. The van der Waals surface area contributed by atoms with Crippen LogP contribution in [0.5, 0.6) is 5.88 Å². The average Bonchev–Trinajstić information content (AvgIpc) is 2.83. The third kappa shape index (κ3) is 3.54. The molecule has 6 heteroatoms. The van der Waals surface area contributed by atoms with Crippen LogP contribution in [0.25, 0.3) is 0 Å². The third-order valence-electron chi connectivity index (χ3n) is 2.73. The summed E-state index contributed by atoms with van der Waals surface area (Å²) in [6, 6.07) is 4.98. The van der Waals surface area contributed by atoms with Crippen molar-refractivity contribution in [3.8, 4) is 5.88 Å².